The zero-order chi connectivity index (χ0) is 18.7. The maximum Gasteiger partial charge on any atom is 0.336 e. The monoisotopic (exact) mass is 346 g/mol. The molecule has 0 radical (unpaired) electrons. The summed E-state index contributed by atoms with van der Waals surface area (Å²) in [5.41, 5.74) is 0.582. The van der Waals surface area contributed by atoms with Gasteiger partial charge in [-0.3, -0.25) is 4.79 Å². The van der Waals surface area contributed by atoms with Crippen molar-refractivity contribution >= 4 is 23.7 Å². The molecule has 0 aliphatic heterocycles. The number of carbonyl (C=O) groups is 3. The normalized spacial score (nSPS) is 10.7. The van der Waals surface area contributed by atoms with Crippen molar-refractivity contribution in [2.45, 2.75) is 26.7 Å². The summed E-state index contributed by atoms with van der Waals surface area (Å²) in [5.74, 6) is -1.86. The molecule has 6 heteroatoms. The molecule has 0 amide bonds. The first-order chi connectivity index (χ1) is 11.9. The molecule has 134 valence electrons. The summed E-state index contributed by atoms with van der Waals surface area (Å²) in [6, 6.07) is 8.65. The number of benzene rings is 1. The van der Waals surface area contributed by atoms with Crippen LogP contribution in [0.1, 0.15) is 32.3 Å². The summed E-state index contributed by atoms with van der Waals surface area (Å²) < 4.78 is 15.0. The van der Waals surface area contributed by atoms with Crippen LogP contribution in [0.3, 0.4) is 0 Å². The van der Waals surface area contributed by atoms with Crippen LogP contribution in [0.2, 0.25) is 0 Å². The van der Waals surface area contributed by atoms with Crippen LogP contribution in [-0.2, 0) is 28.6 Å². The lowest BCUT2D eigenvalue weighted by atomic mass is 10.2. The molecule has 0 aromatic heterocycles. The molecule has 6 nitrogen and oxygen atoms in total. The van der Waals surface area contributed by atoms with Gasteiger partial charge in [0, 0.05) is 12.5 Å². The predicted molar refractivity (Wildman–Crippen MR) is 92.2 cm³/mol. The second-order valence-electron chi connectivity index (χ2n) is 5.17. The first-order valence-electron chi connectivity index (χ1n) is 7.91. The maximum absolute atomic E-state index is 11.9. The van der Waals surface area contributed by atoms with E-state index in [1.54, 1.807) is 30.3 Å². The van der Waals surface area contributed by atoms with Crippen LogP contribution in [0, 0.1) is 0 Å². The van der Waals surface area contributed by atoms with Crippen LogP contribution >= 0.6 is 0 Å². The SMILES string of the molecule is C=C(COC(=O)/C=C(\OC(C)=O)c1ccccc1)C(=O)OCCCC. The van der Waals surface area contributed by atoms with E-state index in [9.17, 15) is 14.4 Å². The molecule has 0 spiro atoms. The molecule has 0 aliphatic carbocycles. The minimum atomic E-state index is -0.761. The van der Waals surface area contributed by atoms with Crippen LogP contribution < -0.4 is 0 Å². The van der Waals surface area contributed by atoms with Gasteiger partial charge in [-0.05, 0) is 6.42 Å². The summed E-state index contributed by atoms with van der Waals surface area (Å²) in [5, 5.41) is 0. The molecular weight excluding hydrogens is 324 g/mol. The first-order valence-corrected chi connectivity index (χ1v) is 7.91. The van der Waals surface area contributed by atoms with Crippen LogP contribution in [-0.4, -0.2) is 31.1 Å². The molecule has 0 unspecified atom stereocenters. The van der Waals surface area contributed by atoms with E-state index in [0.717, 1.165) is 18.9 Å². The summed E-state index contributed by atoms with van der Waals surface area (Å²) in [6.45, 7) is 6.74. The fraction of sp³-hybridized carbons (Fsp3) is 0.316. The second-order valence-corrected chi connectivity index (χ2v) is 5.17. The van der Waals surface area contributed by atoms with Crippen molar-refractivity contribution in [1.82, 2.24) is 0 Å². The van der Waals surface area contributed by atoms with Gasteiger partial charge in [0.25, 0.3) is 0 Å². The van der Waals surface area contributed by atoms with Gasteiger partial charge >= 0.3 is 17.9 Å². The minimum absolute atomic E-state index is 0.0339. The Morgan fingerprint density at radius 3 is 2.40 bits per heavy atom. The predicted octanol–water partition coefficient (Wildman–Crippen LogP) is 3.03. The lowest BCUT2D eigenvalue weighted by Crippen LogP contribution is -2.15. The number of esters is 3. The fourth-order valence-corrected chi connectivity index (χ4v) is 1.71. The van der Waals surface area contributed by atoms with Crippen LogP contribution in [0.15, 0.2) is 48.6 Å². The Bertz CT molecular complexity index is 645. The van der Waals surface area contributed by atoms with Crippen molar-refractivity contribution in [3.8, 4) is 0 Å². The lowest BCUT2D eigenvalue weighted by molar-refractivity contribution is -0.141. The van der Waals surface area contributed by atoms with Gasteiger partial charge in [0.2, 0.25) is 0 Å². The molecule has 1 aromatic carbocycles. The van der Waals surface area contributed by atoms with Crippen molar-refractivity contribution in [1.29, 1.82) is 0 Å². The average molecular weight is 346 g/mol. The zero-order valence-electron chi connectivity index (χ0n) is 14.4. The fourth-order valence-electron chi connectivity index (χ4n) is 1.71. The van der Waals surface area contributed by atoms with Crippen LogP contribution in [0.4, 0.5) is 0 Å². The molecule has 0 bridgehead atoms. The standard InChI is InChI=1S/C19H22O6/c1-4-5-11-23-19(22)14(2)13-24-18(21)12-17(25-15(3)20)16-9-7-6-8-10-16/h6-10,12H,2,4-5,11,13H2,1,3H3/b17-12-. The molecule has 0 saturated carbocycles. The Labute approximate surface area is 147 Å². The van der Waals surface area contributed by atoms with Gasteiger partial charge in [-0.2, -0.15) is 0 Å². The number of hydrogen-bond acceptors (Lipinski definition) is 6. The van der Waals surface area contributed by atoms with Gasteiger partial charge in [0.05, 0.1) is 18.3 Å². The third kappa shape index (κ3) is 7.97. The summed E-state index contributed by atoms with van der Waals surface area (Å²) in [7, 11) is 0. The lowest BCUT2D eigenvalue weighted by Gasteiger charge is -2.09. The molecule has 0 aliphatic rings. The zero-order valence-corrected chi connectivity index (χ0v) is 14.4. The van der Waals surface area contributed by atoms with Crippen molar-refractivity contribution < 1.29 is 28.6 Å². The third-order valence-corrected chi connectivity index (χ3v) is 2.97. The van der Waals surface area contributed by atoms with E-state index < -0.39 is 17.9 Å². The van der Waals surface area contributed by atoms with E-state index in [2.05, 4.69) is 6.58 Å². The molecule has 0 atom stereocenters. The molecule has 25 heavy (non-hydrogen) atoms. The van der Waals surface area contributed by atoms with E-state index in [1.165, 1.54) is 6.92 Å². The largest absolute Gasteiger partial charge is 0.462 e. The van der Waals surface area contributed by atoms with Gasteiger partial charge in [-0.1, -0.05) is 50.3 Å². The number of unbranched alkanes of at least 4 members (excludes halogenated alkanes) is 1. The average Bonchev–Trinajstić information content (AvgIpc) is 2.59. The Hall–Kier alpha value is -2.89. The number of rotatable bonds is 9. The minimum Gasteiger partial charge on any atom is -0.462 e. The first kappa shape index (κ1) is 20.2. The quantitative estimate of drug-likeness (QED) is 0.225. The smallest absolute Gasteiger partial charge is 0.336 e. The van der Waals surface area contributed by atoms with Gasteiger partial charge in [0.15, 0.2) is 0 Å². The Morgan fingerprint density at radius 2 is 1.80 bits per heavy atom. The highest BCUT2D eigenvalue weighted by atomic mass is 16.6. The van der Waals surface area contributed by atoms with E-state index >= 15 is 0 Å². The van der Waals surface area contributed by atoms with Crippen molar-refractivity contribution in [3.63, 3.8) is 0 Å². The van der Waals surface area contributed by atoms with Gasteiger partial charge in [-0.15, -0.1) is 0 Å². The molecule has 0 saturated heterocycles. The topological polar surface area (TPSA) is 78.9 Å². The van der Waals surface area contributed by atoms with Crippen molar-refractivity contribution in [3.05, 3.63) is 54.1 Å². The van der Waals surface area contributed by atoms with E-state index in [1.807, 2.05) is 6.92 Å². The van der Waals surface area contributed by atoms with Gasteiger partial charge in [-0.25, -0.2) is 9.59 Å². The summed E-state index contributed by atoms with van der Waals surface area (Å²) >= 11 is 0. The van der Waals surface area contributed by atoms with Crippen molar-refractivity contribution in [2.24, 2.45) is 0 Å². The highest BCUT2D eigenvalue weighted by Crippen LogP contribution is 2.16. The third-order valence-electron chi connectivity index (χ3n) is 2.97. The second kappa shape index (κ2) is 10.8. The molecule has 0 fully saturated rings. The Kier molecular flexibility index (Phi) is 8.71. The Morgan fingerprint density at radius 1 is 1.12 bits per heavy atom. The maximum atomic E-state index is 11.9. The molecular formula is C19H22O6. The summed E-state index contributed by atoms with van der Waals surface area (Å²) in [6.07, 6.45) is 2.70. The van der Waals surface area contributed by atoms with Crippen molar-refractivity contribution in [2.75, 3.05) is 13.2 Å². The van der Waals surface area contributed by atoms with Crippen LogP contribution in [0.5, 0.6) is 0 Å². The number of carbonyl (C=O) groups excluding carboxylic acids is 3. The number of hydrogen-bond donors (Lipinski definition) is 0. The van der Waals surface area contributed by atoms with Crippen LogP contribution in [0.25, 0.3) is 5.76 Å². The Balaban J connectivity index is 2.64. The molecule has 1 aromatic rings. The molecule has 1 rings (SSSR count). The van der Waals surface area contributed by atoms with E-state index in [0.29, 0.717) is 12.2 Å². The summed E-state index contributed by atoms with van der Waals surface area (Å²) in [4.78, 5) is 34.7. The number of ether oxygens (including phenoxy) is 3. The van der Waals surface area contributed by atoms with E-state index in [4.69, 9.17) is 14.2 Å². The highest BCUT2D eigenvalue weighted by molar-refractivity contribution is 5.93. The molecule has 0 N–H and O–H groups in total. The highest BCUT2D eigenvalue weighted by Gasteiger charge is 2.13. The van der Waals surface area contributed by atoms with Gasteiger partial charge < -0.3 is 14.2 Å². The van der Waals surface area contributed by atoms with E-state index in [-0.39, 0.29) is 17.9 Å². The molecule has 0 heterocycles. The van der Waals surface area contributed by atoms with Gasteiger partial charge in [0.1, 0.15) is 12.4 Å².